The van der Waals surface area contributed by atoms with Crippen LogP contribution in [0.1, 0.15) is 18.4 Å². The highest BCUT2D eigenvalue weighted by molar-refractivity contribution is 5.26. The molecule has 1 saturated carbocycles. The molecule has 0 spiro atoms. The molecule has 1 aliphatic rings. The fourth-order valence-corrected chi connectivity index (χ4v) is 1.40. The summed E-state index contributed by atoms with van der Waals surface area (Å²) >= 11 is 0. The molecule has 0 bridgehead atoms. The summed E-state index contributed by atoms with van der Waals surface area (Å²) < 4.78 is 0. The maximum atomic E-state index is 9.85. The molecule has 0 aromatic heterocycles. The molecule has 1 aromatic rings. The molecule has 0 amide bonds. The highest BCUT2D eigenvalue weighted by Gasteiger charge is 2.35. The summed E-state index contributed by atoms with van der Waals surface area (Å²) in [6, 6.07) is 9.85. The average Bonchev–Trinajstić information content (AvgIpc) is 2.02. The van der Waals surface area contributed by atoms with E-state index in [0.29, 0.717) is 0 Å². The van der Waals surface area contributed by atoms with Gasteiger partial charge in [-0.05, 0) is 24.8 Å². The summed E-state index contributed by atoms with van der Waals surface area (Å²) in [5.41, 5.74) is 0.504. The third-order valence-electron chi connectivity index (χ3n) is 2.28. The van der Waals surface area contributed by atoms with E-state index in [9.17, 15) is 5.11 Å². The first-order chi connectivity index (χ1) is 5.31. The Kier molecular flexibility index (Phi) is 1.46. The lowest BCUT2D eigenvalue weighted by Gasteiger charge is -2.36. The van der Waals surface area contributed by atoms with E-state index in [1.807, 2.05) is 30.3 Å². The summed E-state index contributed by atoms with van der Waals surface area (Å²) in [4.78, 5) is 0. The van der Waals surface area contributed by atoms with Crippen LogP contribution in [0.5, 0.6) is 0 Å². The van der Waals surface area contributed by atoms with Gasteiger partial charge < -0.3 is 5.11 Å². The van der Waals surface area contributed by atoms with Crippen LogP contribution in [0.15, 0.2) is 30.3 Å². The first-order valence-electron chi connectivity index (χ1n) is 3.91. The van der Waals surface area contributed by atoms with Gasteiger partial charge in [0.05, 0.1) is 5.60 Å². The van der Waals surface area contributed by atoms with Crippen molar-refractivity contribution in [2.45, 2.75) is 18.4 Å². The van der Waals surface area contributed by atoms with Crippen LogP contribution in [0.3, 0.4) is 0 Å². The van der Waals surface area contributed by atoms with Gasteiger partial charge in [-0.15, -0.1) is 0 Å². The Morgan fingerprint density at radius 2 is 1.73 bits per heavy atom. The van der Waals surface area contributed by atoms with Gasteiger partial charge in [0.25, 0.3) is 0 Å². The monoisotopic (exact) mass is 147 g/mol. The van der Waals surface area contributed by atoms with Crippen LogP contribution >= 0.6 is 0 Å². The van der Waals surface area contributed by atoms with Gasteiger partial charge >= 0.3 is 0 Å². The molecule has 0 atom stereocenters. The molecular weight excluding hydrogens is 136 g/mol. The quantitative estimate of drug-likeness (QED) is 0.643. The standard InChI is InChI=1S/C10H11O/c11-10(7-4-8-10)9-5-2-1-3-6-9/h1-6,11H,7-8H2. The van der Waals surface area contributed by atoms with Gasteiger partial charge in [-0.2, -0.15) is 0 Å². The summed E-state index contributed by atoms with van der Waals surface area (Å²) in [5, 5.41) is 9.85. The van der Waals surface area contributed by atoms with E-state index < -0.39 is 5.60 Å². The second kappa shape index (κ2) is 2.35. The first-order valence-corrected chi connectivity index (χ1v) is 3.91. The third kappa shape index (κ3) is 1.05. The van der Waals surface area contributed by atoms with Crippen molar-refractivity contribution in [1.29, 1.82) is 0 Å². The van der Waals surface area contributed by atoms with Crippen LogP contribution in [0.25, 0.3) is 0 Å². The van der Waals surface area contributed by atoms with Crippen molar-refractivity contribution in [2.75, 3.05) is 0 Å². The first kappa shape index (κ1) is 6.86. The maximum Gasteiger partial charge on any atom is 0.0902 e. The molecule has 2 rings (SSSR count). The van der Waals surface area contributed by atoms with Crippen molar-refractivity contribution in [3.05, 3.63) is 42.3 Å². The van der Waals surface area contributed by atoms with Crippen LogP contribution in [0.4, 0.5) is 0 Å². The second-order valence-corrected chi connectivity index (χ2v) is 3.09. The van der Waals surface area contributed by atoms with E-state index in [2.05, 4.69) is 6.42 Å². The molecule has 0 saturated heterocycles. The maximum absolute atomic E-state index is 9.85. The summed E-state index contributed by atoms with van der Waals surface area (Å²) in [5.74, 6) is 0. The van der Waals surface area contributed by atoms with Gasteiger partial charge in [-0.3, -0.25) is 0 Å². The zero-order chi connectivity index (χ0) is 7.73. The molecule has 1 fully saturated rings. The van der Waals surface area contributed by atoms with Crippen LogP contribution < -0.4 is 0 Å². The lowest BCUT2D eigenvalue weighted by molar-refractivity contribution is -0.00573. The van der Waals surface area contributed by atoms with Crippen LogP contribution in [-0.2, 0) is 5.60 Å². The second-order valence-electron chi connectivity index (χ2n) is 3.09. The Morgan fingerprint density at radius 1 is 1.09 bits per heavy atom. The Balaban J connectivity index is 2.29. The van der Waals surface area contributed by atoms with Crippen molar-refractivity contribution in [3.8, 4) is 0 Å². The fourth-order valence-electron chi connectivity index (χ4n) is 1.40. The minimum Gasteiger partial charge on any atom is -0.385 e. The smallest absolute Gasteiger partial charge is 0.0902 e. The van der Waals surface area contributed by atoms with E-state index >= 15 is 0 Å². The van der Waals surface area contributed by atoms with Gasteiger partial charge in [0, 0.05) is 0 Å². The molecule has 0 heterocycles. The highest BCUT2D eigenvalue weighted by Crippen LogP contribution is 2.39. The zero-order valence-electron chi connectivity index (χ0n) is 6.33. The van der Waals surface area contributed by atoms with E-state index in [4.69, 9.17) is 0 Å². The number of rotatable bonds is 1. The summed E-state index contributed by atoms with van der Waals surface area (Å²) in [6.45, 7) is 0. The predicted octanol–water partition coefficient (Wildman–Crippen LogP) is 1.87. The van der Waals surface area contributed by atoms with Gasteiger partial charge in [-0.1, -0.05) is 30.3 Å². The largest absolute Gasteiger partial charge is 0.385 e. The Morgan fingerprint density at radius 3 is 2.18 bits per heavy atom. The lowest BCUT2D eigenvalue weighted by Crippen LogP contribution is -2.33. The molecule has 0 aliphatic heterocycles. The van der Waals surface area contributed by atoms with Gasteiger partial charge in [0.1, 0.15) is 0 Å². The van der Waals surface area contributed by atoms with Crippen LogP contribution in [-0.4, -0.2) is 5.11 Å². The minimum atomic E-state index is -0.540. The molecule has 1 nitrogen and oxygen atoms in total. The molecule has 1 aromatic carbocycles. The topological polar surface area (TPSA) is 20.2 Å². The molecule has 11 heavy (non-hydrogen) atoms. The SMILES string of the molecule is OC1(c2ccccc2)C[CH]C1. The minimum absolute atomic E-state index is 0.540. The molecule has 1 heteroatoms. The van der Waals surface area contributed by atoms with Crippen molar-refractivity contribution < 1.29 is 5.11 Å². The van der Waals surface area contributed by atoms with E-state index in [0.717, 1.165) is 18.4 Å². The number of hydrogen-bond acceptors (Lipinski definition) is 1. The third-order valence-corrected chi connectivity index (χ3v) is 2.28. The molecular formula is C10H11O. The van der Waals surface area contributed by atoms with Crippen molar-refractivity contribution in [3.63, 3.8) is 0 Å². The van der Waals surface area contributed by atoms with Crippen LogP contribution in [0, 0.1) is 6.42 Å². The number of hydrogen-bond donors (Lipinski definition) is 1. The molecule has 1 N–H and O–H groups in total. The summed E-state index contributed by atoms with van der Waals surface area (Å²) in [7, 11) is 0. The molecule has 0 unspecified atom stereocenters. The van der Waals surface area contributed by atoms with Gasteiger partial charge in [-0.25, -0.2) is 0 Å². The van der Waals surface area contributed by atoms with E-state index in [1.165, 1.54) is 0 Å². The molecule has 57 valence electrons. The number of aliphatic hydroxyl groups is 1. The Hall–Kier alpha value is -0.820. The highest BCUT2D eigenvalue weighted by atomic mass is 16.3. The van der Waals surface area contributed by atoms with E-state index in [-0.39, 0.29) is 0 Å². The average molecular weight is 147 g/mol. The van der Waals surface area contributed by atoms with E-state index in [1.54, 1.807) is 0 Å². The van der Waals surface area contributed by atoms with Crippen molar-refractivity contribution >= 4 is 0 Å². The normalized spacial score (nSPS) is 20.8. The Labute approximate surface area is 66.7 Å². The predicted molar refractivity (Wildman–Crippen MR) is 43.9 cm³/mol. The van der Waals surface area contributed by atoms with Gasteiger partial charge in [0.2, 0.25) is 0 Å². The Bertz CT molecular complexity index is 236. The summed E-state index contributed by atoms with van der Waals surface area (Å²) in [6.07, 6.45) is 3.71. The zero-order valence-corrected chi connectivity index (χ0v) is 6.33. The van der Waals surface area contributed by atoms with Gasteiger partial charge in [0.15, 0.2) is 0 Å². The fraction of sp³-hybridized carbons (Fsp3) is 0.300. The lowest BCUT2D eigenvalue weighted by atomic mass is 9.75. The molecule has 1 aliphatic carbocycles. The number of benzene rings is 1. The van der Waals surface area contributed by atoms with Crippen LogP contribution in [0.2, 0.25) is 0 Å². The van der Waals surface area contributed by atoms with Crippen molar-refractivity contribution in [2.24, 2.45) is 0 Å². The van der Waals surface area contributed by atoms with Crippen molar-refractivity contribution in [1.82, 2.24) is 0 Å². The molecule has 1 radical (unpaired) electrons.